The van der Waals surface area contributed by atoms with Crippen LogP contribution in [0.15, 0.2) is 94.4 Å². The van der Waals surface area contributed by atoms with Crippen molar-refractivity contribution in [1.29, 1.82) is 0 Å². The summed E-state index contributed by atoms with van der Waals surface area (Å²) in [6.45, 7) is 2.68. The molecule has 4 aromatic carbocycles. The molecule has 8 nitrogen and oxygen atoms in total. The van der Waals surface area contributed by atoms with Crippen LogP contribution in [0.4, 0.5) is 0 Å². The molecular weight excluding hydrogens is 484 g/mol. The molecule has 5 rings (SSSR count). The van der Waals surface area contributed by atoms with Gasteiger partial charge in [-0.25, -0.2) is 10.2 Å². The number of carboxylic acid groups (broad SMARTS) is 1. The lowest BCUT2D eigenvalue weighted by molar-refractivity contribution is 0.0696. The van der Waals surface area contributed by atoms with E-state index in [-0.39, 0.29) is 17.9 Å². The van der Waals surface area contributed by atoms with Crippen molar-refractivity contribution in [2.24, 2.45) is 5.10 Å². The first-order valence-corrected chi connectivity index (χ1v) is 12.0. The summed E-state index contributed by atoms with van der Waals surface area (Å²) in [6, 6.07) is 25.1. The van der Waals surface area contributed by atoms with Crippen LogP contribution in [0.25, 0.3) is 21.7 Å². The lowest BCUT2D eigenvalue weighted by Crippen LogP contribution is -2.16. The summed E-state index contributed by atoms with van der Waals surface area (Å²) >= 11 is 0. The van der Waals surface area contributed by atoms with Crippen LogP contribution >= 0.6 is 0 Å². The molecule has 190 valence electrons. The predicted octanol–water partition coefficient (Wildman–Crippen LogP) is 6.03. The van der Waals surface area contributed by atoms with Gasteiger partial charge in [0.1, 0.15) is 23.7 Å². The molecule has 1 amide bonds. The highest BCUT2D eigenvalue weighted by molar-refractivity contribution is 6.03. The maximum Gasteiger partial charge on any atom is 0.335 e. The highest BCUT2D eigenvalue weighted by atomic mass is 16.5. The van der Waals surface area contributed by atoms with E-state index in [1.165, 1.54) is 12.1 Å². The van der Waals surface area contributed by atoms with Gasteiger partial charge in [0, 0.05) is 10.9 Å². The van der Waals surface area contributed by atoms with Gasteiger partial charge in [-0.3, -0.25) is 4.79 Å². The molecule has 0 aliphatic rings. The third-order valence-corrected chi connectivity index (χ3v) is 5.91. The zero-order valence-corrected chi connectivity index (χ0v) is 20.5. The maximum atomic E-state index is 12.7. The molecule has 0 fully saturated rings. The molecule has 0 saturated carbocycles. The van der Waals surface area contributed by atoms with Gasteiger partial charge in [-0.1, -0.05) is 42.5 Å². The number of hydrazone groups is 1. The minimum Gasteiger partial charge on any atom is -0.494 e. The third kappa shape index (κ3) is 5.34. The van der Waals surface area contributed by atoms with Crippen LogP contribution in [0.1, 0.15) is 39.0 Å². The second-order valence-corrected chi connectivity index (χ2v) is 8.43. The van der Waals surface area contributed by atoms with Crippen molar-refractivity contribution in [1.82, 2.24) is 5.43 Å². The number of nitrogens with zero attached hydrogens (tertiary/aromatic N) is 1. The number of benzene rings is 4. The minimum atomic E-state index is -0.981. The first kappa shape index (κ1) is 24.6. The largest absolute Gasteiger partial charge is 0.494 e. The van der Waals surface area contributed by atoms with Gasteiger partial charge >= 0.3 is 11.9 Å². The Morgan fingerprint density at radius 3 is 2.55 bits per heavy atom. The molecule has 0 radical (unpaired) electrons. The fraction of sp³-hybridized carbons (Fsp3) is 0.100. The number of carbonyl (C=O) groups excluding carboxylic acids is 1. The molecule has 0 atom stereocenters. The second kappa shape index (κ2) is 10.9. The maximum absolute atomic E-state index is 12.7. The molecule has 0 aliphatic heterocycles. The Balaban J connectivity index is 1.35. The van der Waals surface area contributed by atoms with E-state index in [1.54, 1.807) is 36.5 Å². The summed E-state index contributed by atoms with van der Waals surface area (Å²) in [5.41, 5.74) is 4.82. The molecule has 1 aromatic heterocycles. The lowest BCUT2D eigenvalue weighted by atomic mass is 10.0. The van der Waals surface area contributed by atoms with Gasteiger partial charge in [0.25, 0.3) is 0 Å². The number of carboxylic acids is 1. The van der Waals surface area contributed by atoms with Gasteiger partial charge in [-0.05, 0) is 65.7 Å². The summed E-state index contributed by atoms with van der Waals surface area (Å²) < 4.78 is 17.2. The Labute approximate surface area is 218 Å². The average molecular weight is 509 g/mol. The van der Waals surface area contributed by atoms with E-state index in [9.17, 15) is 9.59 Å². The van der Waals surface area contributed by atoms with Crippen molar-refractivity contribution in [2.45, 2.75) is 13.5 Å². The minimum absolute atomic E-state index is 0.130. The van der Waals surface area contributed by atoms with E-state index in [1.807, 2.05) is 49.4 Å². The van der Waals surface area contributed by atoms with E-state index in [0.29, 0.717) is 29.3 Å². The number of carbonyl (C=O) groups is 2. The van der Waals surface area contributed by atoms with E-state index in [2.05, 4.69) is 10.5 Å². The van der Waals surface area contributed by atoms with Gasteiger partial charge in [-0.2, -0.15) is 5.10 Å². The molecule has 0 aliphatic carbocycles. The normalized spacial score (nSPS) is 11.2. The van der Waals surface area contributed by atoms with Gasteiger partial charge < -0.3 is 19.0 Å². The monoisotopic (exact) mass is 508 g/mol. The fourth-order valence-corrected chi connectivity index (χ4v) is 4.04. The van der Waals surface area contributed by atoms with E-state index < -0.39 is 11.9 Å². The van der Waals surface area contributed by atoms with Crippen LogP contribution in [0, 0.1) is 0 Å². The predicted molar refractivity (Wildman–Crippen MR) is 144 cm³/mol. The fourth-order valence-electron chi connectivity index (χ4n) is 4.04. The summed E-state index contributed by atoms with van der Waals surface area (Å²) in [6.07, 6.45) is 1.54. The zero-order chi connectivity index (χ0) is 26.5. The number of furan rings is 1. The molecule has 5 aromatic rings. The Morgan fingerprint density at radius 1 is 0.947 bits per heavy atom. The molecule has 0 unspecified atom stereocenters. The molecule has 0 spiro atoms. The van der Waals surface area contributed by atoms with E-state index in [0.717, 1.165) is 21.7 Å². The van der Waals surface area contributed by atoms with Crippen molar-refractivity contribution < 1.29 is 28.6 Å². The number of ether oxygens (including phenoxy) is 2. The van der Waals surface area contributed by atoms with Crippen LogP contribution < -0.4 is 14.9 Å². The number of nitrogens with one attached hydrogen (secondary N) is 1. The summed E-state index contributed by atoms with van der Waals surface area (Å²) in [7, 11) is 0. The topological polar surface area (TPSA) is 110 Å². The number of aromatic carboxylic acids is 1. The number of hydrogen-bond acceptors (Lipinski definition) is 6. The molecule has 0 saturated heterocycles. The van der Waals surface area contributed by atoms with Gasteiger partial charge in [-0.15, -0.1) is 0 Å². The van der Waals surface area contributed by atoms with Gasteiger partial charge in [0.15, 0.2) is 5.76 Å². The Morgan fingerprint density at radius 2 is 1.76 bits per heavy atom. The number of hydrogen-bond donors (Lipinski definition) is 2. The highest BCUT2D eigenvalue weighted by Gasteiger charge is 2.13. The smallest absolute Gasteiger partial charge is 0.335 e. The summed E-state index contributed by atoms with van der Waals surface area (Å²) in [4.78, 5) is 23.8. The molecule has 8 heteroatoms. The second-order valence-electron chi connectivity index (χ2n) is 8.43. The van der Waals surface area contributed by atoms with Crippen LogP contribution in [0.2, 0.25) is 0 Å². The van der Waals surface area contributed by atoms with Crippen LogP contribution in [0.5, 0.6) is 11.5 Å². The van der Waals surface area contributed by atoms with Crippen LogP contribution in [0.3, 0.4) is 0 Å². The van der Waals surface area contributed by atoms with E-state index >= 15 is 0 Å². The highest BCUT2D eigenvalue weighted by Crippen LogP contribution is 2.28. The van der Waals surface area contributed by atoms with Crippen molar-refractivity contribution in [3.05, 3.63) is 107 Å². The zero-order valence-electron chi connectivity index (χ0n) is 20.5. The summed E-state index contributed by atoms with van der Waals surface area (Å²) in [5.74, 6) is -0.0737. The molecule has 1 heterocycles. The molecule has 2 N–H and O–H groups in total. The van der Waals surface area contributed by atoms with E-state index in [4.69, 9.17) is 19.0 Å². The number of amides is 1. The lowest BCUT2D eigenvalue weighted by Gasteiger charge is -2.12. The molecule has 0 bridgehead atoms. The average Bonchev–Trinajstić information content (AvgIpc) is 3.36. The molecule has 38 heavy (non-hydrogen) atoms. The van der Waals surface area contributed by atoms with Crippen molar-refractivity contribution in [2.75, 3.05) is 6.61 Å². The first-order valence-electron chi connectivity index (χ1n) is 12.0. The van der Waals surface area contributed by atoms with Crippen molar-refractivity contribution in [3.8, 4) is 11.5 Å². The molecular formula is C30H24N2O6. The quantitative estimate of drug-likeness (QED) is 0.186. The Kier molecular flexibility index (Phi) is 7.04. The Hall–Kier alpha value is -5.11. The van der Waals surface area contributed by atoms with Crippen molar-refractivity contribution in [3.63, 3.8) is 0 Å². The third-order valence-electron chi connectivity index (χ3n) is 5.91. The van der Waals surface area contributed by atoms with Crippen LogP contribution in [-0.4, -0.2) is 29.8 Å². The standard InChI is InChI=1S/C30H24N2O6/c1-2-36-23-12-14-26-22(15-23)16-28(38-26)29(33)32-31-17-25-24-6-4-3-5-20(24)11-13-27(25)37-18-19-7-9-21(10-8-19)30(34)35/h3-17H,2,18H2,1H3,(H,32,33)(H,34,35)/b31-17+. The Bertz CT molecular complexity index is 1650. The van der Waals surface area contributed by atoms with Gasteiger partial charge in [0.2, 0.25) is 0 Å². The number of fused-ring (bicyclic) bond motifs is 2. The first-order chi connectivity index (χ1) is 18.5. The van der Waals surface area contributed by atoms with Crippen molar-refractivity contribution >= 4 is 39.8 Å². The summed E-state index contributed by atoms with van der Waals surface area (Å²) in [5, 5.41) is 15.9. The van der Waals surface area contributed by atoms with Gasteiger partial charge in [0.05, 0.1) is 18.4 Å². The van der Waals surface area contributed by atoms with Crippen LogP contribution in [-0.2, 0) is 6.61 Å². The SMILES string of the molecule is CCOc1ccc2oc(C(=O)N/N=C/c3c(OCc4ccc(C(=O)O)cc4)ccc4ccccc34)cc2c1. The number of rotatable bonds is 9.